The Bertz CT molecular complexity index is 659. The Balaban J connectivity index is 1.80. The summed E-state index contributed by atoms with van der Waals surface area (Å²) in [6, 6.07) is 12.1. The van der Waals surface area contributed by atoms with Crippen LogP contribution in [0.1, 0.15) is 17.0 Å². The molecule has 0 aliphatic carbocycles. The number of aromatic nitrogens is 3. The smallest absolute Gasteiger partial charge is 0.231 e. The van der Waals surface area contributed by atoms with E-state index in [4.69, 9.17) is 4.52 Å². The lowest BCUT2D eigenvalue weighted by Crippen LogP contribution is -1.88. The van der Waals surface area contributed by atoms with Crippen LogP contribution >= 0.6 is 0 Å². The van der Waals surface area contributed by atoms with Gasteiger partial charge >= 0.3 is 0 Å². The molecule has 0 saturated carbocycles. The molecule has 2 aromatic heterocycles. The van der Waals surface area contributed by atoms with E-state index in [0.29, 0.717) is 18.1 Å². The molecule has 0 atom stereocenters. The van der Waals surface area contributed by atoms with Crippen LogP contribution in [-0.4, -0.2) is 15.1 Å². The van der Waals surface area contributed by atoms with Gasteiger partial charge in [-0.25, -0.2) is 0 Å². The molecule has 0 amide bonds. The molecule has 0 radical (unpaired) electrons. The van der Waals surface area contributed by atoms with Crippen molar-refractivity contribution in [1.82, 2.24) is 15.1 Å². The monoisotopic (exact) mass is 251 g/mol. The maximum absolute atomic E-state index is 5.26. The highest BCUT2D eigenvalue weighted by atomic mass is 16.5. The molecule has 0 fully saturated rings. The van der Waals surface area contributed by atoms with Gasteiger partial charge in [0.05, 0.1) is 6.42 Å². The highest BCUT2D eigenvalue weighted by molar-refractivity contribution is 5.51. The quantitative estimate of drug-likeness (QED) is 0.718. The largest absolute Gasteiger partial charge is 0.339 e. The van der Waals surface area contributed by atoms with Crippen LogP contribution < -0.4 is 0 Å². The molecule has 0 spiro atoms. The van der Waals surface area contributed by atoms with E-state index >= 15 is 0 Å². The number of pyridine rings is 1. The van der Waals surface area contributed by atoms with E-state index in [1.165, 1.54) is 5.56 Å². The van der Waals surface area contributed by atoms with Crippen molar-refractivity contribution in [2.75, 3.05) is 0 Å². The summed E-state index contributed by atoms with van der Waals surface area (Å²) in [4.78, 5) is 8.42. The maximum atomic E-state index is 5.26. The van der Waals surface area contributed by atoms with E-state index in [1.807, 2.05) is 12.1 Å². The number of rotatable bonds is 3. The lowest BCUT2D eigenvalue weighted by atomic mass is 10.1. The zero-order chi connectivity index (χ0) is 13.1. The average Bonchev–Trinajstić information content (AvgIpc) is 2.91. The molecular weight excluding hydrogens is 238 g/mol. The number of nitrogens with zero attached hydrogens (tertiary/aromatic N) is 3. The van der Waals surface area contributed by atoms with Gasteiger partial charge < -0.3 is 4.52 Å². The van der Waals surface area contributed by atoms with E-state index in [9.17, 15) is 0 Å². The van der Waals surface area contributed by atoms with Gasteiger partial charge in [-0.1, -0.05) is 35.0 Å². The summed E-state index contributed by atoms with van der Waals surface area (Å²) >= 11 is 0. The highest BCUT2D eigenvalue weighted by Gasteiger charge is 2.08. The maximum Gasteiger partial charge on any atom is 0.231 e. The predicted molar refractivity (Wildman–Crippen MR) is 71.5 cm³/mol. The van der Waals surface area contributed by atoms with Gasteiger partial charge in [-0.3, -0.25) is 4.98 Å². The first-order chi connectivity index (χ1) is 9.31. The molecule has 0 aliphatic rings. The molecule has 3 rings (SSSR count). The molecule has 2 heterocycles. The summed E-state index contributed by atoms with van der Waals surface area (Å²) in [6.07, 6.45) is 4.09. The normalized spacial score (nSPS) is 10.6. The third kappa shape index (κ3) is 2.68. The fourth-order valence-electron chi connectivity index (χ4n) is 1.82. The second-order valence-corrected chi connectivity index (χ2v) is 4.42. The van der Waals surface area contributed by atoms with E-state index in [2.05, 4.69) is 46.3 Å². The number of hydrogen-bond acceptors (Lipinski definition) is 4. The summed E-state index contributed by atoms with van der Waals surface area (Å²) in [5.74, 6) is 1.19. The second kappa shape index (κ2) is 5.02. The van der Waals surface area contributed by atoms with Crippen molar-refractivity contribution in [3.8, 4) is 11.4 Å². The van der Waals surface area contributed by atoms with Crippen LogP contribution in [0.4, 0.5) is 0 Å². The standard InChI is InChI=1S/C15H13N3O/c1-11-4-6-12(7-5-11)9-14-17-15(18-19-14)13-3-2-8-16-10-13/h2-8,10H,9H2,1H3. The number of benzene rings is 1. The van der Waals surface area contributed by atoms with Crippen molar-refractivity contribution in [2.24, 2.45) is 0 Å². The molecule has 0 aliphatic heterocycles. The predicted octanol–water partition coefficient (Wildman–Crippen LogP) is 3.03. The number of hydrogen-bond donors (Lipinski definition) is 0. The second-order valence-electron chi connectivity index (χ2n) is 4.42. The van der Waals surface area contributed by atoms with Crippen molar-refractivity contribution in [3.63, 3.8) is 0 Å². The van der Waals surface area contributed by atoms with Crippen LogP contribution in [0.15, 0.2) is 53.3 Å². The lowest BCUT2D eigenvalue weighted by molar-refractivity contribution is 0.385. The summed E-state index contributed by atoms with van der Waals surface area (Å²) < 4.78 is 5.26. The van der Waals surface area contributed by atoms with E-state index in [0.717, 1.165) is 11.1 Å². The summed E-state index contributed by atoms with van der Waals surface area (Å²) in [6.45, 7) is 2.07. The Morgan fingerprint density at radius 2 is 1.95 bits per heavy atom. The summed E-state index contributed by atoms with van der Waals surface area (Å²) in [5.41, 5.74) is 3.26. The first kappa shape index (κ1) is 11.6. The van der Waals surface area contributed by atoms with E-state index in [-0.39, 0.29) is 0 Å². The molecule has 0 unspecified atom stereocenters. The van der Waals surface area contributed by atoms with Crippen LogP contribution in [0.25, 0.3) is 11.4 Å². The molecule has 0 bridgehead atoms. The first-order valence-electron chi connectivity index (χ1n) is 6.10. The lowest BCUT2D eigenvalue weighted by Gasteiger charge is -1.97. The molecule has 0 saturated heterocycles. The fourth-order valence-corrected chi connectivity index (χ4v) is 1.82. The molecular formula is C15H13N3O. The topological polar surface area (TPSA) is 51.8 Å². The Labute approximate surface area is 111 Å². The van der Waals surface area contributed by atoms with Gasteiger partial charge in [0.15, 0.2) is 0 Å². The first-order valence-corrected chi connectivity index (χ1v) is 6.10. The van der Waals surface area contributed by atoms with Crippen molar-refractivity contribution in [3.05, 3.63) is 65.8 Å². The SMILES string of the molecule is Cc1ccc(Cc2nc(-c3cccnc3)no2)cc1. The van der Waals surface area contributed by atoms with E-state index < -0.39 is 0 Å². The molecule has 1 aromatic carbocycles. The molecule has 4 nitrogen and oxygen atoms in total. The molecule has 94 valence electrons. The van der Waals surface area contributed by atoms with Gasteiger partial charge in [0.25, 0.3) is 0 Å². The molecule has 19 heavy (non-hydrogen) atoms. The molecule has 0 N–H and O–H groups in total. The third-order valence-corrected chi connectivity index (χ3v) is 2.86. The highest BCUT2D eigenvalue weighted by Crippen LogP contribution is 2.15. The minimum Gasteiger partial charge on any atom is -0.339 e. The van der Waals surface area contributed by atoms with Gasteiger partial charge in [0, 0.05) is 18.0 Å². The van der Waals surface area contributed by atoms with Crippen LogP contribution in [0.5, 0.6) is 0 Å². The average molecular weight is 251 g/mol. The van der Waals surface area contributed by atoms with Crippen molar-refractivity contribution in [1.29, 1.82) is 0 Å². The van der Waals surface area contributed by atoms with Crippen molar-refractivity contribution in [2.45, 2.75) is 13.3 Å². The minimum atomic E-state index is 0.579. The van der Waals surface area contributed by atoms with Crippen LogP contribution in [0, 0.1) is 6.92 Å². The van der Waals surface area contributed by atoms with Crippen LogP contribution in [-0.2, 0) is 6.42 Å². The van der Waals surface area contributed by atoms with Gasteiger partial charge in [0.2, 0.25) is 11.7 Å². The van der Waals surface area contributed by atoms with Gasteiger partial charge in [-0.05, 0) is 24.6 Å². The third-order valence-electron chi connectivity index (χ3n) is 2.86. The van der Waals surface area contributed by atoms with E-state index in [1.54, 1.807) is 12.4 Å². The van der Waals surface area contributed by atoms with Crippen molar-refractivity contribution < 1.29 is 4.52 Å². The summed E-state index contributed by atoms with van der Waals surface area (Å²) in [5, 5.41) is 3.97. The Morgan fingerprint density at radius 1 is 1.11 bits per heavy atom. The molecule has 4 heteroatoms. The van der Waals surface area contributed by atoms with Crippen LogP contribution in [0.2, 0.25) is 0 Å². The Morgan fingerprint density at radius 3 is 2.68 bits per heavy atom. The van der Waals surface area contributed by atoms with Gasteiger partial charge in [0.1, 0.15) is 0 Å². The zero-order valence-corrected chi connectivity index (χ0v) is 10.6. The Hall–Kier alpha value is -2.49. The fraction of sp³-hybridized carbons (Fsp3) is 0.133. The van der Waals surface area contributed by atoms with Crippen molar-refractivity contribution >= 4 is 0 Å². The minimum absolute atomic E-state index is 0.579. The van der Waals surface area contributed by atoms with Gasteiger partial charge in [-0.2, -0.15) is 4.98 Å². The van der Waals surface area contributed by atoms with Crippen LogP contribution in [0.3, 0.4) is 0 Å². The summed E-state index contributed by atoms with van der Waals surface area (Å²) in [7, 11) is 0. The van der Waals surface area contributed by atoms with Gasteiger partial charge in [-0.15, -0.1) is 0 Å². The zero-order valence-electron chi connectivity index (χ0n) is 10.6. The molecule has 3 aromatic rings. The Kier molecular flexibility index (Phi) is 3.06. The number of aryl methyl sites for hydroxylation is 1.